The van der Waals surface area contributed by atoms with E-state index in [0.717, 1.165) is 0 Å². The zero-order valence-electron chi connectivity index (χ0n) is 17.7. The van der Waals surface area contributed by atoms with E-state index in [9.17, 15) is 34.2 Å². The van der Waals surface area contributed by atoms with Gasteiger partial charge in [0, 0.05) is 0 Å². The van der Waals surface area contributed by atoms with Crippen molar-refractivity contribution in [1.82, 2.24) is 16.0 Å². The Balaban J connectivity index is 5.36. The van der Waals surface area contributed by atoms with Crippen molar-refractivity contribution >= 4 is 29.7 Å². The van der Waals surface area contributed by atoms with Crippen LogP contribution in [0.15, 0.2) is 0 Å². The van der Waals surface area contributed by atoms with E-state index in [1.54, 1.807) is 27.7 Å². The quantitative estimate of drug-likeness (QED) is 0.182. The molecule has 0 fully saturated rings. The van der Waals surface area contributed by atoms with Gasteiger partial charge in [0.25, 0.3) is 0 Å². The van der Waals surface area contributed by atoms with Gasteiger partial charge < -0.3 is 37.0 Å². The number of hydrogen-bond donors (Lipinski definition) is 7. The molecule has 0 rings (SSSR count). The summed E-state index contributed by atoms with van der Waals surface area (Å²) in [6.07, 6.45) is -2.00. The molecule has 0 aromatic rings. The Hall–Kier alpha value is -2.73. The number of carbonyl (C=O) groups is 5. The molecular formula is C18H32N4O8. The number of aliphatic hydroxyl groups excluding tert-OH is 1. The summed E-state index contributed by atoms with van der Waals surface area (Å²) in [6, 6.07) is -5.27. The SMILES string of the molecule is CC(C)C(NC(=O)C(NC(=O)C(NC(=O)C(N)CC(=O)O)C(C)C)C(C)O)C(=O)O. The molecule has 172 valence electrons. The van der Waals surface area contributed by atoms with Gasteiger partial charge in [-0.05, 0) is 18.8 Å². The number of hydrogen-bond acceptors (Lipinski definition) is 7. The lowest BCUT2D eigenvalue weighted by Gasteiger charge is -2.28. The van der Waals surface area contributed by atoms with Crippen molar-refractivity contribution in [3.05, 3.63) is 0 Å². The normalized spacial score (nSPS) is 16.2. The van der Waals surface area contributed by atoms with E-state index in [-0.39, 0.29) is 0 Å². The number of carbonyl (C=O) groups excluding carboxylic acids is 3. The highest BCUT2D eigenvalue weighted by atomic mass is 16.4. The van der Waals surface area contributed by atoms with Crippen molar-refractivity contribution in [1.29, 1.82) is 0 Å². The third kappa shape index (κ3) is 8.74. The molecule has 0 saturated heterocycles. The zero-order chi connectivity index (χ0) is 23.8. The lowest BCUT2D eigenvalue weighted by molar-refractivity contribution is -0.144. The third-order valence-corrected chi connectivity index (χ3v) is 4.27. The second kappa shape index (κ2) is 12.1. The first-order valence-electron chi connectivity index (χ1n) is 9.48. The molecule has 0 saturated carbocycles. The van der Waals surface area contributed by atoms with E-state index >= 15 is 0 Å². The van der Waals surface area contributed by atoms with E-state index in [1.165, 1.54) is 6.92 Å². The lowest BCUT2D eigenvalue weighted by atomic mass is 10.0. The predicted molar refractivity (Wildman–Crippen MR) is 105 cm³/mol. The molecule has 0 heterocycles. The Labute approximate surface area is 174 Å². The van der Waals surface area contributed by atoms with Gasteiger partial charge in [-0.2, -0.15) is 0 Å². The minimum absolute atomic E-state index is 0.449. The Morgan fingerprint density at radius 1 is 0.733 bits per heavy atom. The number of aliphatic carboxylic acids is 2. The molecule has 0 bridgehead atoms. The molecule has 0 aromatic heterocycles. The van der Waals surface area contributed by atoms with E-state index in [1.807, 2.05) is 0 Å². The fraction of sp³-hybridized carbons (Fsp3) is 0.722. The summed E-state index contributed by atoms with van der Waals surface area (Å²) in [7, 11) is 0. The van der Waals surface area contributed by atoms with Crippen molar-refractivity contribution in [2.45, 2.75) is 71.3 Å². The van der Waals surface area contributed by atoms with Crippen LogP contribution in [-0.2, 0) is 24.0 Å². The fourth-order valence-corrected chi connectivity index (χ4v) is 2.48. The number of aliphatic hydroxyl groups is 1. The van der Waals surface area contributed by atoms with Crippen LogP contribution in [0.1, 0.15) is 41.0 Å². The maximum Gasteiger partial charge on any atom is 0.326 e. The van der Waals surface area contributed by atoms with Gasteiger partial charge in [0.1, 0.15) is 18.1 Å². The number of amides is 3. The largest absolute Gasteiger partial charge is 0.481 e. The van der Waals surface area contributed by atoms with Gasteiger partial charge >= 0.3 is 11.9 Å². The highest BCUT2D eigenvalue weighted by Gasteiger charge is 2.34. The molecule has 0 aliphatic rings. The lowest BCUT2D eigenvalue weighted by Crippen LogP contribution is -2.61. The van der Waals surface area contributed by atoms with Crippen LogP contribution in [0, 0.1) is 11.8 Å². The smallest absolute Gasteiger partial charge is 0.326 e. The van der Waals surface area contributed by atoms with Crippen LogP contribution >= 0.6 is 0 Å². The van der Waals surface area contributed by atoms with E-state index < -0.39 is 78.2 Å². The minimum Gasteiger partial charge on any atom is -0.481 e. The highest BCUT2D eigenvalue weighted by molar-refractivity contribution is 5.95. The van der Waals surface area contributed by atoms with Crippen LogP contribution in [0.5, 0.6) is 0 Å². The molecule has 0 spiro atoms. The van der Waals surface area contributed by atoms with Gasteiger partial charge in [0.15, 0.2) is 0 Å². The van der Waals surface area contributed by atoms with E-state index in [0.29, 0.717) is 0 Å². The monoisotopic (exact) mass is 432 g/mol. The molecule has 0 aromatic carbocycles. The summed E-state index contributed by atoms with van der Waals surface area (Å²) in [5.41, 5.74) is 5.49. The molecule has 5 atom stereocenters. The molecule has 12 nitrogen and oxygen atoms in total. The first-order valence-corrected chi connectivity index (χ1v) is 9.48. The summed E-state index contributed by atoms with van der Waals surface area (Å²) < 4.78 is 0. The number of nitrogens with two attached hydrogens (primary N) is 1. The second-order valence-corrected chi connectivity index (χ2v) is 7.73. The van der Waals surface area contributed by atoms with Crippen LogP contribution in [-0.4, -0.2) is 75.3 Å². The number of carboxylic acid groups (broad SMARTS) is 2. The van der Waals surface area contributed by atoms with Crippen molar-refractivity contribution in [3.8, 4) is 0 Å². The first kappa shape index (κ1) is 27.3. The topological polar surface area (TPSA) is 208 Å². The number of rotatable bonds is 12. The average Bonchev–Trinajstić information content (AvgIpc) is 2.59. The molecule has 8 N–H and O–H groups in total. The molecule has 3 amide bonds. The molecule has 12 heteroatoms. The molecule has 0 radical (unpaired) electrons. The maximum atomic E-state index is 12.6. The van der Waals surface area contributed by atoms with Crippen LogP contribution in [0.2, 0.25) is 0 Å². The van der Waals surface area contributed by atoms with Gasteiger partial charge in [0.2, 0.25) is 17.7 Å². The van der Waals surface area contributed by atoms with E-state index in [2.05, 4.69) is 16.0 Å². The molecule has 5 unspecified atom stereocenters. The second-order valence-electron chi connectivity index (χ2n) is 7.73. The van der Waals surface area contributed by atoms with Crippen molar-refractivity contribution in [3.63, 3.8) is 0 Å². The van der Waals surface area contributed by atoms with Gasteiger partial charge in [0.05, 0.1) is 18.6 Å². The summed E-state index contributed by atoms with van der Waals surface area (Å²) >= 11 is 0. The average molecular weight is 432 g/mol. The minimum atomic E-state index is -1.48. The van der Waals surface area contributed by atoms with Crippen LogP contribution in [0.3, 0.4) is 0 Å². The van der Waals surface area contributed by atoms with Crippen molar-refractivity contribution in [2.75, 3.05) is 0 Å². The molecule has 0 aliphatic heterocycles. The van der Waals surface area contributed by atoms with Crippen molar-refractivity contribution in [2.24, 2.45) is 17.6 Å². The van der Waals surface area contributed by atoms with Crippen LogP contribution in [0.25, 0.3) is 0 Å². The summed E-state index contributed by atoms with van der Waals surface area (Å²) in [5.74, 6) is -6.06. The number of nitrogens with one attached hydrogen (secondary N) is 3. The van der Waals surface area contributed by atoms with Gasteiger partial charge in [-0.3, -0.25) is 19.2 Å². The summed E-state index contributed by atoms with van der Waals surface area (Å²) in [4.78, 5) is 59.2. The first-order chi connectivity index (χ1) is 13.7. The highest BCUT2D eigenvalue weighted by Crippen LogP contribution is 2.07. The van der Waals surface area contributed by atoms with Crippen LogP contribution < -0.4 is 21.7 Å². The third-order valence-electron chi connectivity index (χ3n) is 4.27. The zero-order valence-corrected chi connectivity index (χ0v) is 17.7. The van der Waals surface area contributed by atoms with Gasteiger partial charge in [-0.25, -0.2) is 4.79 Å². The van der Waals surface area contributed by atoms with Gasteiger partial charge in [-0.1, -0.05) is 27.7 Å². The Bertz CT molecular complexity index is 650. The van der Waals surface area contributed by atoms with Crippen LogP contribution in [0.4, 0.5) is 0 Å². The molecular weight excluding hydrogens is 400 g/mol. The fourth-order valence-electron chi connectivity index (χ4n) is 2.48. The predicted octanol–water partition coefficient (Wildman–Crippen LogP) is -1.98. The summed E-state index contributed by atoms with van der Waals surface area (Å²) in [6.45, 7) is 7.61. The van der Waals surface area contributed by atoms with E-state index in [4.69, 9.17) is 10.8 Å². The Morgan fingerprint density at radius 2 is 1.13 bits per heavy atom. The molecule has 30 heavy (non-hydrogen) atoms. The van der Waals surface area contributed by atoms with Crippen molar-refractivity contribution < 1.29 is 39.3 Å². The summed E-state index contributed by atoms with van der Waals surface area (Å²) in [5, 5.41) is 34.7. The maximum absolute atomic E-state index is 12.6. The number of carboxylic acids is 2. The molecule has 0 aliphatic carbocycles. The Morgan fingerprint density at radius 3 is 1.50 bits per heavy atom. The standard InChI is InChI=1S/C18H32N4O8/c1-7(2)12(20-15(26)10(19)6-11(24)25)16(27)22-14(9(5)23)17(28)21-13(8(3)4)18(29)30/h7-10,12-14,23H,6,19H2,1-5H3,(H,20,26)(H,21,28)(H,22,27)(H,24,25)(H,29,30). The Kier molecular flexibility index (Phi) is 11.0. The van der Waals surface area contributed by atoms with Gasteiger partial charge in [-0.15, -0.1) is 0 Å².